The van der Waals surface area contributed by atoms with Gasteiger partial charge in [-0.15, -0.1) is 0 Å². The number of nitriles is 1. The van der Waals surface area contributed by atoms with Crippen LogP contribution in [-0.4, -0.2) is 0 Å². The maximum Gasteiger partial charge on any atom is 0.0853 e. The predicted octanol–water partition coefficient (Wildman–Crippen LogP) is 2.24. The van der Waals surface area contributed by atoms with E-state index in [9.17, 15) is 0 Å². The van der Waals surface area contributed by atoms with E-state index in [4.69, 9.17) is 5.26 Å². The van der Waals surface area contributed by atoms with Crippen molar-refractivity contribution < 1.29 is 0 Å². The Labute approximate surface area is 61.7 Å². The lowest BCUT2D eigenvalue weighted by Gasteiger charge is -2.11. The van der Waals surface area contributed by atoms with Crippen LogP contribution in [0, 0.1) is 23.7 Å². The molecule has 1 aliphatic rings. The molecule has 1 unspecified atom stereocenters. The Bertz CT molecular complexity index is 228. The summed E-state index contributed by atoms with van der Waals surface area (Å²) in [4.78, 5) is 0. The number of nitrogens with zero attached hydrogens (tertiary/aromatic N) is 1. The van der Waals surface area contributed by atoms with Crippen molar-refractivity contribution in [2.45, 2.75) is 13.8 Å². The lowest BCUT2D eigenvalue weighted by Crippen LogP contribution is -2.00. The van der Waals surface area contributed by atoms with Crippen LogP contribution in [0.25, 0.3) is 0 Å². The molecule has 1 aliphatic carbocycles. The molecule has 1 rings (SSSR count). The van der Waals surface area contributed by atoms with E-state index in [1.807, 2.05) is 32.4 Å². The Morgan fingerprint density at radius 1 is 1.50 bits per heavy atom. The van der Waals surface area contributed by atoms with Crippen molar-refractivity contribution >= 4 is 0 Å². The van der Waals surface area contributed by atoms with E-state index >= 15 is 0 Å². The maximum absolute atomic E-state index is 8.63. The largest absolute Gasteiger partial charge is 0.197 e. The van der Waals surface area contributed by atoms with Crippen LogP contribution in [0.5, 0.6) is 0 Å². The zero-order valence-electron chi connectivity index (χ0n) is 6.26. The summed E-state index contributed by atoms with van der Waals surface area (Å²) in [5.74, 6) is 0.00463. The van der Waals surface area contributed by atoms with Crippen molar-refractivity contribution in [2.75, 3.05) is 0 Å². The van der Waals surface area contributed by atoms with Crippen molar-refractivity contribution in [1.29, 1.82) is 5.26 Å². The third kappa shape index (κ3) is 1.27. The molecule has 0 saturated carbocycles. The van der Waals surface area contributed by atoms with Gasteiger partial charge in [-0.05, 0) is 13.8 Å². The maximum atomic E-state index is 8.63. The van der Waals surface area contributed by atoms with Gasteiger partial charge in [-0.2, -0.15) is 5.26 Å². The molecule has 0 fully saturated rings. The summed E-state index contributed by atoms with van der Waals surface area (Å²) in [5, 5.41) is 8.63. The standard InChI is InChI=1S/C9H10N/c1-7-3-4-8(2)9(5-7)6-10/h3-5,9H,1-2H3. The zero-order valence-corrected chi connectivity index (χ0v) is 6.26. The summed E-state index contributed by atoms with van der Waals surface area (Å²) in [5.41, 5.74) is 2.31. The molecule has 0 saturated heterocycles. The van der Waals surface area contributed by atoms with Gasteiger partial charge < -0.3 is 0 Å². The fraction of sp³-hybridized carbons (Fsp3) is 0.333. The van der Waals surface area contributed by atoms with Crippen LogP contribution in [0.4, 0.5) is 0 Å². The lowest BCUT2D eigenvalue weighted by atomic mass is 9.92. The van der Waals surface area contributed by atoms with E-state index in [0.29, 0.717) is 0 Å². The number of hydrogen-bond donors (Lipinski definition) is 0. The van der Waals surface area contributed by atoms with E-state index in [2.05, 4.69) is 6.07 Å². The smallest absolute Gasteiger partial charge is 0.0853 e. The van der Waals surface area contributed by atoms with Crippen molar-refractivity contribution in [1.82, 2.24) is 0 Å². The lowest BCUT2D eigenvalue weighted by molar-refractivity contribution is 0.947. The van der Waals surface area contributed by atoms with Gasteiger partial charge in [-0.25, -0.2) is 0 Å². The molecule has 1 heteroatoms. The Hall–Kier alpha value is -1.03. The van der Waals surface area contributed by atoms with Gasteiger partial charge in [0.25, 0.3) is 0 Å². The molecule has 0 amide bonds. The SMILES string of the molecule is CC1=CC(C#N)C(C)=C[CH]1. The number of allylic oxidation sites excluding steroid dienone is 4. The minimum atomic E-state index is 0.00463. The topological polar surface area (TPSA) is 23.8 Å². The van der Waals surface area contributed by atoms with Gasteiger partial charge in [0, 0.05) is 6.42 Å². The Balaban J connectivity index is 2.81. The van der Waals surface area contributed by atoms with Crippen LogP contribution < -0.4 is 0 Å². The molecule has 0 aliphatic heterocycles. The van der Waals surface area contributed by atoms with Crippen LogP contribution >= 0.6 is 0 Å². The zero-order chi connectivity index (χ0) is 7.56. The first-order valence-electron chi connectivity index (χ1n) is 3.33. The van der Waals surface area contributed by atoms with Crippen LogP contribution in [0.1, 0.15) is 13.8 Å². The minimum absolute atomic E-state index is 0.00463. The van der Waals surface area contributed by atoms with Crippen LogP contribution in [0.3, 0.4) is 0 Å². The molecule has 0 aromatic carbocycles. The second-order valence-electron chi connectivity index (χ2n) is 2.59. The highest BCUT2D eigenvalue weighted by atomic mass is 14.3. The molecular weight excluding hydrogens is 122 g/mol. The van der Waals surface area contributed by atoms with E-state index in [1.54, 1.807) is 0 Å². The summed E-state index contributed by atoms with van der Waals surface area (Å²) >= 11 is 0. The van der Waals surface area contributed by atoms with E-state index in [1.165, 1.54) is 5.57 Å². The normalized spacial score (nSPS) is 24.7. The van der Waals surface area contributed by atoms with Crippen molar-refractivity contribution in [3.8, 4) is 6.07 Å². The molecule has 0 aromatic heterocycles. The molecule has 0 aromatic rings. The van der Waals surface area contributed by atoms with Gasteiger partial charge in [0.15, 0.2) is 0 Å². The van der Waals surface area contributed by atoms with E-state index in [0.717, 1.165) is 5.57 Å². The Morgan fingerprint density at radius 2 is 2.20 bits per heavy atom. The van der Waals surface area contributed by atoms with Gasteiger partial charge >= 0.3 is 0 Å². The van der Waals surface area contributed by atoms with Crippen LogP contribution in [0.2, 0.25) is 0 Å². The average molecular weight is 132 g/mol. The fourth-order valence-electron chi connectivity index (χ4n) is 0.956. The van der Waals surface area contributed by atoms with Gasteiger partial charge in [-0.1, -0.05) is 23.3 Å². The summed E-state index contributed by atoms with van der Waals surface area (Å²) in [6, 6.07) is 2.22. The molecule has 1 radical (unpaired) electrons. The first kappa shape index (κ1) is 7.08. The summed E-state index contributed by atoms with van der Waals surface area (Å²) in [7, 11) is 0. The predicted molar refractivity (Wildman–Crippen MR) is 40.9 cm³/mol. The highest BCUT2D eigenvalue weighted by molar-refractivity contribution is 5.35. The second-order valence-corrected chi connectivity index (χ2v) is 2.59. The van der Waals surface area contributed by atoms with Crippen molar-refractivity contribution in [3.63, 3.8) is 0 Å². The quantitative estimate of drug-likeness (QED) is 0.496. The monoisotopic (exact) mass is 132 g/mol. The first-order valence-corrected chi connectivity index (χ1v) is 3.33. The average Bonchev–Trinajstić information content (AvgIpc) is 1.94. The summed E-state index contributed by atoms with van der Waals surface area (Å²) < 4.78 is 0. The van der Waals surface area contributed by atoms with Gasteiger partial charge in [0.2, 0.25) is 0 Å². The highest BCUT2D eigenvalue weighted by Gasteiger charge is 2.09. The van der Waals surface area contributed by atoms with Gasteiger partial charge in [0.1, 0.15) is 0 Å². The van der Waals surface area contributed by atoms with Crippen molar-refractivity contribution in [3.05, 3.63) is 29.7 Å². The Kier molecular flexibility index (Phi) is 1.91. The third-order valence-corrected chi connectivity index (χ3v) is 1.67. The van der Waals surface area contributed by atoms with E-state index in [-0.39, 0.29) is 5.92 Å². The van der Waals surface area contributed by atoms with Gasteiger partial charge in [-0.3, -0.25) is 0 Å². The molecule has 0 bridgehead atoms. The Morgan fingerprint density at radius 3 is 2.70 bits per heavy atom. The van der Waals surface area contributed by atoms with Crippen LogP contribution in [-0.2, 0) is 0 Å². The molecule has 0 spiro atoms. The molecule has 10 heavy (non-hydrogen) atoms. The van der Waals surface area contributed by atoms with Crippen LogP contribution in [0.15, 0.2) is 23.3 Å². The number of hydrogen-bond acceptors (Lipinski definition) is 1. The fourth-order valence-corrected chi connectivity index (χ4v) is 0.956. The highest BCUT2D eigenvalue weighted by Crippen LogP contribution is 2.20. The molecule has 0 heterocycles. The van der Waals surface area contributed by atoms with Gasteiger partial charge in [0.05, 0.1) is 12.0 Å². The summed E-state index contributed by atoms with van der Waals surface area (Å²) in [6.07, 6.45) is 6.02. The second kappa shape index (κ2) is 2.70. The third-order valence-electron chi connectivity index (χ3n) is 1.67. The van der Waals surface area contributed by atoms with Crippen molar-refractivity contribution in [2.24, 2.45) is 5.92 Å². The van der Waals surface area contributed by atoms with E-state index < -0.39 is 0 Å². The minimum Gasteiger partial charge on any atom is -0.197 e. The molecule has 0 N–H and O–H groups in total. The first-order chi connectivity index (χ1) is 4.74. The number of rotatable bonds is 0. The molecule has 1 atom stereocenters. The molecular formula is C9H10N. The molecule has 51 valence electrons. The molecule has 1 nitrogen and oxygen atoms in total. The summed E-state index contributed by atoms with van der Waals surface area (Å²) in [6.45, 7) is 3.99.